The van der Waals surface area contributed by atoms with E-state index in [0.29, 0.717) is 34.9 Å². The molecular weight excluding hydrogens is 470 g/mol. The molecule has 5 rings (SSSR count). The number of anilines is 1. The molecule has 1 atom stereocenters. The number of carbonyl (C=O) groups excluding carboxylic acids is 1. The van der Waals surface area contributed by atoms with E-state index in [2.05, 4.69) is 47.5 Å². The van der Waals surface area contributed by atoms with E-state index in [9.17, 15) is 10.1 Å². The van der Waals surface area contributed by atoms with Crippen LogP contribution in [-0.2, 0) is 10.5 Å². The van der Waals surface area contributed by atoms with Crippen LogP contribution in [-0.4, -0.2) is 16.0 Å². The van der Waals surface area contributed by atoms with Gasteiger partial charge in [0.2, 0.25) is 5.13 Å². The minimum absolute atomic E-state index is 0.0798. The number of carbonyl (C=O) groups is 1. The molecule has 0 bridgehead atoms. The summed E-state index contributed by atoms with van der Waals surface area (Å²) in [6.07, 6.45) is 1.96. The number of rotatable bonds is 5. The number of hydrogen-bond acceptors (Lipinski definition) is 9. The van der Waals surface area contributed by atoms with Crippen molar-refractivity contribution in [3.05, 3.63) is 80.4 Å². The number of allylic oxidation sites excluding steroid dienone is 3. The molecule has 3 heterocycles. The number of thiophene rings is 1. The third kappa shape index (κ3) is 4.10. The van der Waals surface area contributed by atoms with E-state index < -0.39 is 5.92 Å². The van der Waals surface area contributed by atoms with Gasteiger partial charge in [0.25, 0.3) is 0 Å². The quantitative estimate of drug-likeness (QED) is 0.470. The minimum atomic E-state index is -0.413. The van der Waals surface area contributed by atoms with Gasteiger partial charge in [0.15, 0.2) is 10.1 Å². The van der Waals surface area contributed by atoms with E-state index in [0.717, 1.165) is 27.8 Å². The average molecular weight is 492 g/mol. The number of hydrogen-bond donors (Lipinski definition) is 1. The lowest BCUT2D eigenvalue weighted by molar-refractivity contribution is -0.116. The van der Waals surface area contributed by atoms with Crippen LogP contribution in [0.5, 0.6) is 0 Å². The minimum Gasteiger partial charge on any atom is -0.384 e. The Balaban J connectivity index is 1.50. The maximum Gasteiger partial charge on any atom is 0.219 e. The maximum absolute atomic E-state index is 13.1. The van der Waals surface area contributed by atoms with Crippen molar-refractivity contribution < 1.29 is 4.79 Å². The van der Waals surface area contributed by atoms with Gasteiger partial charge < -0.3 is 5.73 Å². The number of nitrogens with zero attached hydrogens (tertiary/aromatic N) is 4. The highest BCUT2D eigenvalue weighted by molar-refractivity contribution is 8.00. The molecule has 3 aromatic rings. The Hall–Kier alpha value is -2.93. The Kier molecular flexibility index (Phi) is 6.06. The Morgan fingerprint density at radius 2 is 2.06 bits per heavy atom. The molecular formula is C24H21N5OS3. The Labute approximate surface area is 204 Å². The number of aryl methyl sites for hydroxylation is 1. The lowest BCUT2D eigenvalue weighted by atomic mass is 9.76. The molecule has 2 aliphatic rings. The predicted octanol–water partition coefficient (Wildman–Crippen LogP) is 5.51. The molecule has 0 saturated carbocycles. The van der Waals surface area contributed by atoms with Gasteiger partial charge in [-0.1, -0.05) is 52.9 Å². The van der Waals surface area contributed by atoms with E-state index in [4.69, 9.17) is 5.73 Å². The van der Waals surface area contributed by atoms with Gasteiger partial charge in [-0.2, -0.15) is 16.6 Å². The van der Waals surface area contributed by atoms with Gasteiger partial charge in [0, 0.05) is 23.4 Å². The van der Waals surface area contributed by atoms with Crippen LogP contribution in [0.25, 0.3) is 0 Å². The van der Waals surface area contributed by atoms with Gasteiger partial charge in [0.1, 0.15) is 5.82 Å². The van der Waals surface area contributed by atoms with Gasteiger partial charge in [-0.15, -0.1) is 10.2 Å². The first-order valence-corrected chi connectivity index (χ1v) is 13.3. The Morgan fingerprint density at radius 1 is 1.24 bits per heavy atom. The molecule has 33 heavy (non-hydrogen) atoms. The summed E-state index contributed by atoms with van der Waals surface area (Å²) in [5, 5.41) is 23.3. The molecule has 166 valence electrons. The lowest BCUT2D eigenvalue weighted by Gasteiger charge is -2.37. The van der Waals surface area contributed by atoms with Crippen molar-refractivity contribution in [3.63, 3.8) is 0 Å². The average Bonchev–Trinajstić information content (AvgIpc) is 3.51. The zero-order chi connectivity index (χ0) is 22.9. The van der Waals surface area contributed by atoms with Crippen molar-refractivity contribution in [1.29, 1.82) is 5.26 Å². The second-order valence-corrected chi connectivity index (χ2v) is 11.0. The second-order valence-electron chi connectivity index (χ2n) is 8.00. The Bertz CT molecular complexity index is 1300. The fourth-order valence-electron chi connectivity index (χ4n) is 4.26. The monoisotopic (exact) mass is 491 g/mol. The summed E-state index contributed by atoms with van der Waals surface area (Å²) in [5.41, 5.74) is 11.9. The van der Waals surface area contributed by atoms with Crippen LogP contribution < -0.4 is 10.6 Å². The van der Waals surface area contributed by atoms with Gasteiger partial charge in [-0.25, -0.2) is 0 Å². The molecule has 1 aliphatic carbocycles. The SMILES string of the molecule is Cc1ccc(CSc2nnc(N3C(N)=C(C#N)[C@H](c4ccsc4)C4=C3CCCC4=O)s2)cc1. The highest BCUT2D eigenvalue weighted by Gasteiger charge is 2.41. The number of benzene rings is 1. The van der Waals surface area contributed by atoms with E-state index >= 15 is 0 Å². The van der Waals surface area contributed by atoms with Gasteiger partial charge >= 0.3 is 0 Å². The van der Waals surface area contributed by atoms with E-state index in [-0.39, 0.29) is 5.78 Å². The van der Waals surface area contributed by atoms with Crippen molar-refractivity contribution in [2.75, 3.05) is 4.90 Å². The summed E-state index contributed by atoms with van der Waals surface area (Å²) in [7, 11) is 0. The molecule has 2 aromatic heterocycles. The van der Waals surface area contributed by atoms with Crippen molar-refractivity contribution in [2.24, 2.45) is 5.73 Å². The zero-order valence-corrected chi connectivity index (χ0v) is 20.4. The first-order chi connectivity index (χ1) is 16.1. The molecule has 6 nitrogen and oxygen atoms in total. The maximum atomic E-state index is 13.1. The van der Waals surface area contributed by atoms with Crippen molar-refractivity contribution in [1.82, 2.24) is 10.2 Å². The summed E-state index contributed by atoms with van der Waals surface area (Å²) >= 11 is 4.60. The molecule has 1 aromatic carbocycles. The summed E-state index contributed by atoms with van der Waals surface area (Å²) in [5.74, 6) is 0.796. The fraction of sp³-hybridized carbons (Fsp3) is 0.250. The lowest BCUT2D eigenvalue weighted by Crippen LogP contribution is -2.38. The first kappa shape index (κ1) is 21.9. The van der Waals surface area contributed by atoms with Gasteiger partial charge in [-0.3, -0.25) is 9.69 Å². The summed E-state index contributed by atoms with van der Waals surface area (Å²) < 4.78 is 0.820. The molecule has 0 radical (unpaired) electrons. The number of aromatic nitrogens is 2. The number of Topliss-reactive ketones (excluding diaryl/α,β-unsaturated/α-hetero) is 1. The molecule has 0 amide bonds. The molecule has 0 unspecified atom stereocenters. The molecule has 1 aliphatic heterocycles. The number of nitrogens with two attached hydrogens (primary N) is 1. The van der Waals surface area contributed by atoms with Crippen molar-refractivity contribution in [3.8, 4) is 6.07 Å². The Morgan fingerprint density at radius 3 is 2.79 bits per heavy atom. The number of thioether (sulfide) groups is 1. The van der Waals surface area contributed by atoms with Crippen LogP contribution in [0, 0.1) is 18.3 Å². The third-order valence-corrected chi connectivity index (χ3v) is 8.67. The highest BCUT2D eigenvalue weighted by atomic mass is 32.2. The second kappa shape index (κ2) is 9.14. The van der Waals surface area contributed by atoms with Crippen LogP contribution in [0.1, 0.15) is 41.9 Å². The summed E-state index contributed by atoms with van der Waals surface area (Å²) in [6.45, 7) is 2.07. The van der Waals surface area contributed by atoms with Crippen LogP contribution in [0.4, 0.5) is 5.13 Å². The van der Waals surface area contributed by atoms with Crippen LogP contribution >= 0.6 is 34.4 Å². The summed E-state index contributed by atoms with van der Waals surface area (Å²) in [6, 6.07) is 12.7. The fourth-order valence-corrected chi connectivity index (χ4v) is 6.78. The van der Waals surface area contributed by atoms with E-state index in [1.165, 1.54) is 22.5 Å². The topological polar surface area (TPSA) is 95.9 Å². The van der Waals surface area contributed by atoms with Crippen LogP contribution in [0.2, 0.25) is 0 Å². The van der Waals surface area contributed by atoms with Gasteiger partial charge in [0.05, 0.1) is 17.6 Å². The molecule has 0 saturated heterocycles. The third-order valence-electron chi connectivity index (χ3n) is 5.86. The number of nitriles is 1. The predicted molar refractivity (Wildman–Crippen MR) is 133 cm³/mol. The van der Waals surface area contributed by atoms with Crippen LogP contribution in [0.15, 0.2) is 68.1 Å². The van der Waals surface area contributed by atoms with E-state index in [1.807, 2.05) is 16.8 Å². The normalized spacial score (nSPS) is 18.5. The smallest absolute Gasteiger partial charge is 0.219 e. The highest BCUT2D eigenvalue weighted by Crippen LogP contribution is 2.47. The first-order valence-electron chi connectivity index (χ1n) is 10.6. The number of ketones is 1. The standard InChI is InChI=1S/C24H21N5OS3/c1-14-5-7-15(8-6-14)12-32-24-28-27-23(33-24)29-18-3-2-4-19(30)21(18)20(16-9-10-31-13-16)17(11-25)22(29)26/h5-10,13,20H,2-4,12,26H2,1H3/t20-/m0/s1. The molecule has 9 heteroatoms. The molecule has 0 fully saturated rings. The van der Waals surface area contributed by atoms with Crippen LogP contribution in [0.3, 0.4) is 0 Å². The molecule has 2 N–H and O–H groups in total. The summed E-state index contributed by atoms with van der Waals surface area (Å²) in [4.78, 5) is 14.9. The van der Waals surface area contributed by atoms with Crippen molar-refractivity contribution in [2.45, 2.75) is 42.2 Å². The van der Waals surface area contributed by atoms with Gasteiger partial charge in [-0.05, 0) is 47.7 Å². The van der Waals surface area contributed by atoms with Crippen molar-refractivity contribution >= 4 is 45.4 Å². The van der Waals surface area contributed by atoms with E-state index in [1.54, 1.807) is 28.0 Å². The zero-order valence-electron chi connectivity index (χ0n) is 17.9. The molecule has 0 spiro atoms. The largest absolute Gasteiger partial charge is 0.384 e.